The molecule has 0 spiro atoms. The number of anilines is 2. The molecule has 1 N–H and O–H groups in total. The van der Waals surface area contributed by atoms with Crippen molar-refractivity contribution in [3.63, 3.8) is 0 Å². The molecule has 0 saturated carbocycles. The van der Waals surface area contributed by atoms with Gasteiger partial charge in [0.2, 0.25) is 5.91 Å². The SMILES string of the molecule is O=C(Nc1ccc(OC(F)F)c(Cl)c1)C1CCN(c2ccc3nnc(C(F)(F)F)n3n2)CC1. The normalized spacial score (nSPS) is 15.3. The van der Waals surface area contributed by atoms with Crippen molar-refractivity contribution in [2.75, 3.05) is 23.3 Å². The number of aromatic nitrogens is 4. The second-order valence-electron chi connectivity index (χ2n) is 7.26. The van der Waals surface area contributed by atoms with Crippen molar-refractivity contribution in [1.82, 2.24) is 19.8 Å². The average molecular weight is 491 g/mol. The maximum atomic E-state index is 13.1. The van der Waals surface area contributed by atoms with Crippen LogP contribution in [-0.2, 0) is 11.0 Å². The number of carbonyl (C=O) groups is 1. The van der Waals surface area contributed by atoms with Crippen LogP contribution in [0.4, 0.5) is 33.5 Å². The first-order chi connectivity index (χ1) is 15.6. The summed E-state index contributed by atoms with van der Waals surface area (Å²) in [6.07, 6.45) is -3.83. The lowest BCUT2D eigenvalue weighted by molar-refractivity contribution is -0.146. The van der Waals surface area contributed by atoms with E-state index in [1.807, 2.05) is 0 Å². The van der Waals surface area contributed by atoms with Gasteiger partial charge in [0.15, 0.2) is 5.65 Å². The Morgan fingerprint density at radius 1 is 1.15 bits per heavy atom. The van der Waals surface area contributed by atoms with E-state index in [0.29, 0.717) is 42.0 Å². The Hall–Kier alpha value is -3.22. The highest BCUT2D eigenvalue weighted by Gasteiger charge is 2.38. The highest BCUT2D eigenvalue weighted by Crippen LogP contribution is 2.31. The molecule has 1 fully saturated rings. The average Bonchev–Trinajstić information content (AvgIpc) is 3.19. The number of nitrogens with zero attached hydrogens (tertiary/aromatic N) is 5. The zero-order valence-electron chi connectivity index (χ0n) is 16.7. The Morgan fingerprint density at radius 3 is 2.52 bits per heavy atom. The molecule has 0 atom stereocenters. The van der Waals surface area contributed by atoms with E-state index in [1.165, 1.54) is 24.3 Å². The van der Waals surface area contributed by atoms with Crippen LogP contribution in [0.3, 0.4) is 0 Å². The van der Waals surface area contributed by atoms with Crippen LogP contribution >= 0.6 is 11.6 Å². The molecule has 0 unspecified atom stereocenters. The Morgan fingerprint density at radius 2 is 1.88 bits per heavy atom. The number of rotatable bonds is 5. The van der Waals surface area contributed by atoms with Gasteiger partial charge in [0.05, 0.1) is 5.02 Å². The summed E-state index contributed by atoms with van der Waals surface area (Å²) in [6.45, 7) is -2.24. The molecule has 0 radical (unpaired) electrons. The lowest BCUT2D eigenvalue weighted by Gasteiger charge is -2.32. The third-order valence-corrected chi connectivity index (χ3v) is 5.40. The minimum Gasteiger partial charge on any atom is -0.433 e. The summed E-state index contributed by atoms with van der Waals surface area (Å²) in [5, 5.41) is 13.3. The molecular formula is C19H16ClF5N6O2. The molecule has 4 rings (SSSR count). The van der Waals surface area contributed by atoms with E-state index in [0.717, 1.165) is 0 Å². The highest BCUT2D eigenvalue weighted by molar-refractivity contribution is 6.32. The van der Waals surface area contributed by atoms with E-state index in [4.69, 9.17) is 11.6 Å². The van der Waals surface area contributed by atoms with Crippen LogP contribution in [0.15, 0.2) is 30.3 Å². The van der Waals surface area contributed by atoms with Crippen LogP contribution < -0.4 is 15.0 Å². The first-order valence-corrected chi connectivity index (χ1v) is 10.1. The highest BCUT2D eigenvalue weighted by atomic mass is 35.5. The first kappa shape index (κ1) is 23.0. The van der Waals surface area contributed by atoms with Gasteiger partial charge in [0.1, 0.15) is 11.6 Å². The summed E-state index contributed by atoms with van der Waals surface area (Å²) in [7, 11) is 0. The zero-order chi connectivity index (χ0) is 23.8. The largest absolute Gasteiger partial charge is 0.453 e. The van der Waals surface area contributed by atoms with Gasteiger partial charge in [-0.05, 0) is 43.2 Å². The second kappa shape index (κ2) is 8.96. The summed E-state index contributed by atoms with van der Waals surface area (Å²) >= 11 is 5.90. The number of piperidine rings is 1. The van der Waals surface area contributed by atoms with Crippen LogP contribution in [0.5, 0.6) is 5.75 Å². The minimum atomic E-state index is -4.69. The molecule has 176 valence electrons. The molecule has 8 nitrogen and oxygen atoms in total. The van der Waals surface area contributed by atoms with Gasteiger partial charge < -0.3 is 15.0 Å². The summed E-state index contributed by atoms with van der Waals surface area (Å²) in [5.74, 6) is -1.74. The van der Waals surface area contributed by atoms with E-state index in [-0.39, 0.29) is 28.2 Å². The van der Waals surface area contributed by atoms with Gasteiger partial charge in [0, 0.05) is 24.7 Å². The predicted octanol–water partition coefficient (Wildman–Crippen LogP) is 4.25. The third-order valence-electron chi connectivity index (χ3n) is 5.11. The maximum absolute atomic E-state index is 13.1. The number of benzene rings is 1. The number of carbonyl (C=O) groups excluding carboxylic acids is 1. The number of amides is 1. The number of halogens is 6. The fourth-order valence-corrected chi connectivity index (χ4v) is 3.73. The molecular weight excluding hydrogens is 475 g/mol. The summed E-state index contributed by atoms with van der Waals surface area (Å²) < 4.78 is 68.8. The van der Waals surface area contributed by atoms with Gasteiger partial charge in [-0.15, -0.1) is 15.3 Å². The summed E-state index contributed by atoms with van der Waals surface area (Å²) in [6, 6.07) is 6.88. The molecule has 0 aliphatic carbocycles. The van der Waals surface area contributed by atoms with Gasteiger partial charge >= 0.3 is 12.8 Å². The smallest absolute Gasteiger partial charge is 0.433 e. The van der Waals surface area contributed by atoms with Gasteiger partial charge in [-0.2, -0.15) is 26.5 Å². The Labute approximate surface area is 188 Å². The van der Waals surface area contributed by atoms with E-state index < -0.39 is 18.6 Å². The molecule has 1 aliphatic heterocycles. The molecule has 1 aromatic carbocycles. The van der Waals surface area contributed by atoms with Crippen molar-refractivity contribution < 1.29 is 31.5 Å². The van der Waals surface area contributed by atoms with Gasteiger partial charge in [-0.25, -0.2) is 0 Å². The number of fused-ring (bicyclic) bond motifs is 1. The van der Waals surface area contributed by atoms with Crippen LogP contribution in [0.2, 0.25) is 5.02 Å². The Kier molecular flexibility index (Phi) is 6.23. The summed E-state index contributed by atoms with van der Waals surface area (Å²) in [5.41, 5.74) is 0.303. The molecule has 1 saturated heterocycles. The van der Waals surface area contributed by atoms with Crippen molar-refractivity contribution in [1.29, 1.82) is 0 Å². The zero-order valence-corrected chi connectivity index (χ0v) is 17.4. The molecule has 0 bridgehead atoms. The maximum Gasteiger partial charge on any atom is 0.453 e. The number of hydrogen-bond donors (Lipinski definition) is 1. The standard InChI is InChI=1S/C19H16ClF5N6O2/c20-12-9-11(1-2-13(12)33-18(21)22)26-16(32)10-5-7-30(8-6-10)15-4-3-14-27-28-17(19(23,24)25)31(14)29-15/h1-4,9-10,18H,5-8H2,(H,26,32). The number of alkyl halides is 5. The van der Waals surface area contributed by atoms with Crippen molar-refractivity contribution in [3.8, 4) is 5.75 Å². The molecule has 3 aromatic rings. The van der Waals surface area contributed by atoms with E-state index >= 15 is 0 Å². The van der Waals surface area contributed by atoms with Gasteiger partial charge in [-0.1, -0.05) is 11.6 Å². The minimum absolute atomic E-state index is 0.0241. The van der Waals surface area contributed by atoms with E-state index in [2.05, 4.69) is 25.3 Å². The number of nitrogens with one attached hydrogen (secondary N) is 1. The van der Waals surface area contributed by atoms with Crippen molar-refractivity contribution in [2.45, 2.75) is 25.6 Å². The molecule has 2 aromatic heterocycles. The lowest BCUT2D eigenvalue weighted by Crippen LogP contribution is -2.38. The Balaban J connectivity index is 1.39. The topological polar surface area (TPSA) is 84.6 Å². The van der Waals surface area contributed by atoms with Crippen LogP contribution in [0, 0.1) is 5.92 Å². The molecule has 33 heavy (non-hydrogen) atoms. The van der Waals surface area contributed by atoms with Crippen molar-refractivity contribution in [3.05, 3.63) is 41.2 Å². The van der Waals surface area contributed by atoms with Crippen LogP contribution in [-0.4, -0.2) is 45.4 Å². The second-order valence-corrected chi connectivity index (χ2v) is 7.66. The van der Waals surface area contributed by atoms with Crippen LogP contribution in [0.25, 0.3) is 5.65 Å². The number of ether oxygens (including phenoxy) is 1. The number of hydrogen-bond acceptors (Lipinski definition) is 6. The van der Waals surface area contributed by atoms with Crippen molar-refractivity contribution >= 4 is 34.7 Å². The summed E-state index contributed by atoms with van der Waals surface area (Å²) in [4.78, 5) is 14.4. The van der Waals surface area contributed by atoms with E-state index in [9.17, 15) is 26.7 Å². The van der Waals surface area contributed by atoms with Gasteiger partial charge in [0.25, 0.3) is 5.82 Å². The molecule has 1 amide bonds. The lowest BCUT2D eigenvalue weighted by atomic mass is 9.96. The van der Waals surface area contributed by atoms with Crippen LogP contribution in [0.1, 0.15) is 18.7 Å². The Bertz CT molecular complexity index is 1160. The fourth-order valence-electron chi connectivity index (χ4n) is 3.51. The van der Waals surface area contributed by atoms with Gasteiger partial charge in [-0.3, -0.25) is 4.79 Å². The molecule has 1 aliphatic rings. The molecule has 14 heteroatoms. The quantitative estimate of drug-likeness (QED) is 0.538. The van der Waals surface area contributed by atoms with E-state index in [1.54, 1.807) is 11.0 Å². The third kappa shape index (κ3) is 5.07. The van der Waals surface area contributed by atoms with Crippen molar-refractivity contribution in [2.24, 2.45) is 5.92 Å². The molecule has 3 heterocycles. The monoisotopic (exact) mass is 490 g/mol. The predicted molar refractivity (Wildman–Crippen MR) is 107 cm³/mol. The first-order valence-electron chi connectivity index (χ1n) is 9.71. The fraction of sp³-hybridized carbons (Fsp3) is 0.368.